The van der Waals surface area contributed by atoms with Crippen molar-refractivity contribution in [2.24, 2.45) is 0 Å². The molecule has 0 saturated carbocycles. The van der Waals surface area contributed by atoms with Crippen LogP contribution >= 0.6 is 22.6 Å². The van der Waals surface area contributed by atoms with E-state index in [0.29, 0.717) is 0 Å². The highest BCUT2D eigenvalue weighted by Crippen LogP contribution is 2.58. The van der Waals surface area contributed by atoms with E-state index in [0.717, 1.165) is 0 Å². The van der Waals surface area contributed by atoms with E-state index >= 15 is 0 Å². The molecule has 37 heavy (non-hydrogen) atoms. The average molecular weight is 702 g/mol. The van der Waals surface area contributed by atoms with Crippen molar-refractivity contribution in [2.45, 2.75) is 53.9 Å². The van der Waals surface area contributed by atoms with Gasteiger partial charge in [0.25, 0.3) is 16.8 Å². The fraction of sp³-hybridized carbons (Fsp3) is 0.600. The molecule has 1 aromatic rings. The second-order valence-corrected chi connectivity index (χ2v) is 8.08. The van der Waals surface area contributed by atoms with E-state index in [2.05, 4.69) is 0 Å². The highest BCUT2D eigenvalue weighted by Gasteiger charge is 2.77. The molecular formula is C15H5F18IO3. The van der Waals surface area contributed by atoms with Gasteiger partial charge in [0.1, 0.15) is 0 Å². The van der Waals surface area contributed by atoms with Crippen LogP contribution in [0, 0.1) is 3.57 Å². The van der Waals surface area contributed by atoms with Crippen LogP contribution in [0.15, 0.2) is 12.1 Å². The van der Waals surface area contributed by atoms with Crippen LogP contribution < -0.4 is 0 Å². The summed E-state index contributed by atoms with van der Waals surface area (Å²) in [5, 5.41) is 28.1. The van der Waals surface area contributed by atoms with Crippen molar-refractivity contribution in [3.05, 3.63) is 32.4 Å². The minimum atomic E-state index is -7.27. The van der Waals surface area contributed by atoms with Crippen LogP contribution in [0.4, 0.5) is 79.0 Å². The van der Waals surface area contributed by atoms with Gasteiger partial charge in [0.15, 0.2) is 0 Å². The molecule has 22 heteroatoms. The third-order valence-electron chi connectivity index (χ3n) is 4.73. The zero-order chi connectivity index (χ0) is 30.2. The van der Waals surface area contributed by atoms with Gasteiger partial charge in [0.2, 0.25) is 0 Å². The standard InChI is InChI=1S/C15H5F18IO3/c16-10(17,18)7(35,11(19,20)21)3-1-4(8(36,12(22,23)24)13(25,26)27)6(34)5(2-3)9(37,14(28,29)30)15(31,32)33/h1-2,35-37H. The molecule has 0 aliphatic heterocycles. The van der Waals surface area contributed by atoms with Crippen LogP contribution in [-0.2, 0) is 16.8 Å². The third kappa shape index (κ3) is 4.89. The predicted octanol–water partition coefficient (Wildman–Crippen LogP) is 6.23. The van der Waals surface area contributed by atoms with Gasteiger partial charge in [-0.1, -0.05) is 0 Å². The van der Waals surface area contributed by atoms with Gasteiger partial charge < -0.3 is 15.3 Å². The Balaban J connectivity index is 4.70. The Bertz CT molecular complexity index is 909. The maximum Gasteiger partial charge on any atom is 0.430 e. The summed E-state index contributed by atoms with van der Waals surface area (Å²) in [6.45, 7) is 0. The molecule has 1 aromatic carbocycles. The lowest BCUT2D eigenvalue weighted by molar-refractivity contribution is -0.380. The van der Waals surface area contributed by atoms with E-state index in [1.54, 1.807) is 0 Å². The number of hydrogen-bond acceptors (Lipinski definition) is 3. The van der Waals surface area contributed by atoms with Crippen molar-refractivity contribution in [3.63, 3.8) is 0 Å². The molecule has 216 valence electrons. The summed E-state index contributed by atoms with van der Waals surface area (Å²) in [6, 6.07) is -3.17. The van der Waals surface area contributed by atoms with E-state index in [4.69, 9.17) is 0 Å². The average Bonchev–Trinajstić information content (AvgIpc) is 2.60. The molecule has 0 fully saturated rings. The molecule has 0 aliphatic rings. The smallest absolute Gasteiger partial charge is 0.369 e. The summed E-state index contributed by atoms with van der Waals surface area (Å²) < 4.78 is 236. The Morgan fingerprint density at radius 3 is 0.757 bits per heavy atom. The molecule has 3 nitrogen and oxygen atoms in total. The first kappa shape index (κ1) is 33.6. The molecule has 0 spiro atoms. The lowest BCUT2D eigenvalue weighted by Crippen LogP contribution is -2.58. The molecule has 0 saturated heterocycles. The summed E-state index contributed by atoms with van der Waals surface area (Å²) in [5.41, 5.74) is -30.7. The monoisotopic (exact) mass is 702 g/mol. The fourth-order valence-corrected chi connectivity index (χ4v) is 3.87. The molecule has 1 rings (SSSR count). The second-order valence-electron chi connectivity index (χ2n) is 7.00. The minimum Gasteiger partial charge on any atom is -0.369 e. The third-order valence-corrected chi connectivity index (χ3v) is 5.89. The lowest BCUT2D eigenvalue weighted by atomic mass is 9.80. The Kier molecular flexibility index (Phi) is 7.98. The quantitative estimate of drug-likeness (QED) is 0.259. The van der Waals surface area contributed by atoms with Crippen molar-refractivity contribution in [1.82, 2.24) is 0 Å². The number of alkyl halides is 18. The van der Waals surface area contributed by atoms with Crippen LogP contribution in [0.1, 0.15) is 16.7 Å². The van der Waals surface area contributed by atoms with Gasteiger partial charge in [-0.2, -0.15) is 79.0 Å². The molecular weight excluding hydrogens is 697 g/mol. The maximum atomic E-state index is 13.3. The van der Waals surface area contributed by atoms with Gasteiger partial charge in [0.05, 0.1) is 0 Å². The lowest BCUT2D eigenvalue weighted by Gasteiger charge is -2.39. The van der Waals surface area contributed by atoms with Gasteiger partial charge in [-0.05, 0) is 34.7 Å². The van der Waals surface area contributed by atoms with E-state index in [-0.39, 0.29) is 22.6 Å². The molecule has 0 heterocycles. The van der Waals surface area contributed by atoms with E-state index in [1.165, 1.54) is 0 Å². The highest BCUT2D eigenvalue weighted by molar-refractivity contribution is 14.1. The number of rotatable bonds is 3. The summed E-state index contributed by atoms with van der Waals surface area (Å²) in [5.74, 6) is 0. The molecule has 0 radical (unpaired) electrons. The first-order chi connectivity index (χ1) is 15.7. The van der Waals surface area contributed by atoms with E-state index in [1.807, 2.05) is 0 Å². The van der Waals surface area contributed by atoms with Crippen LogP contribution in [0.5, 0.6) is 0 Å². The predicted molar refractivity (Wildman–Crippen MR) is 87.2 cm³/mol. The number of hydrogen-bond donors (Lipinski definition) is 3. The first-order valence-electron chi connectivity index (χ1n) is 8.17. The minimum absolute atomic E-state index is 0.226. The van der Waals surface area contributed by atoms with Gasteiger partial charge in [-0.3, -0.25) is 0 Å². The largest absolute Gasteiger partial charge is 0.430 e. The van der Waals surface area contributed by atoms with Crippen molar-refractivity contribution in [2.75, 3.05) is 0 Å². The van der Waals surface area contributed by atoms with Crippen LogP contribution in [-0.4, -0.2) is 52.4 Å². The molecule has 0 aliphatic carbocycles. The molecule has 0 unspecified atom stereocenters. The Hall–Kier alpha value is -1.43. The molecule has 0 aromatic heterocycles. The zero-order valence-corrected chi connectivity index (χ0v) is 18.3. The van der Waals surface area contributed by atoms with Crippen molar-refractivity contribution < 1.29 is 94.3 Å². The Morgan fingerprint density at radius 1 is 0.405 bits per heavy atom. The SMILES string of the molecule is OC(c1cc(C(O)(C(F)(F)F)C(F)(F)F)c(I)c(C(O)(C(F)(F)F)C(F)(F)F)c1)(C(F)(F)F)C(F)(F)F. The Morgan fingerprint density at radius 2 is 0.595 bits per heavy atom. The summed E-state index contributed by atoms with van der Waals surface area (Å²) in [6.07, 6.45) is -43.6. The summed E-state index contributed by atoms with van der Waals surface area (Å²) >= 11 is -0.226. The molecule has 0 amide bonds. The second kappa shape index (κ2) is 8.79. The number of benzene rings is 1. The zero-order valence-electron chi connectivity index (χ0n) is 16.2. The van der Waals surface area contributed by atoms with Crippen LogP contribution in [0.2, 0.25) is 0 Å². The number of halogens is 19. The van der Waals surface area contributed by atoms with Crippen LogP contribution in [0.25, 0.3) is 0 Å². The van der Waals surface area contributed by atoms with Gasteiger partial charge in [-0.15, -0.1) is 0 Å². The van der Waals surface area contributed by atoms with Gasteiger partial charge in [-0.25, -0.2) is 0 Å². The van der Waals surface area contributed by atoms with Crippen molar-refractivity contribution >= 4 is 22.6 Å². The van der Waals surface area contributed by atoms with E-state index in [9.17, 15) is 94.3 Å². The number of aliphatic hydroxyl groups is 3. The Labute approximate surface area is 203 Å². The fourth-order valence-electron chi connectivity index (χ4n) is 2.78. The van der Waals surface area contributed by atoms with Gasteiger partial charge in [0, 0.05) is 20.3 Å². The van der Waals surface area contributed by atoms with Gasteiger partial charge >= 0.3 is 37.1 Å². The normalized spacial score (nSPS) is 15.8. The maximum absolute atomic E-state index is 13.3. The molecule has 0 atom stereocenters. The molecule has 0 bridgehead atoms. The van der Waals surface area contributed by atoms with Crippen molar-refractivity contribution in [1.29, 1.82) is 0 Å². The van der Waals surface area contributed by atoms with E-state index < -0.39 is 86.3 Å². The summed E-state index contributed by atoms with van der Waals surface area (Å²) in [4.78, 5) is 0. The summed E-state index contributed by atoms with van der Waals surface area (Å²) in [7, 11) is 0. The topological polar surface area (TPSA) is 60.7 Å². The highest BCUT2D eigenvalue weighted by atomic mass is 127. The first-order valence-corrected chi connectivity index (χ1v) is 9.24. The van der Waals surface area contributed by atoms with Crippen LogP contribution in [0.3, 0.4) is 0 Å². The van der Waals surface area contributed by atoms with Crippen molar-refractivity contribution in [3.8, 4) is 0 Å². The molecule has 3 N–H and O–H groups in total.